The summed E-state index contributed by atoms with van der Waals surface area (Å²) in [5.74, 6) is -1.43. The minimum Gasteiger partial charge on any atom is -0.478 e. The summed E-state index contributed by atoms with van der Waals surface area (Å²) in [4.78, 5) is 43.3. The number of carboxylic acid groups (broad SMARTS) is 1. The summed E-state index contributed by atoms with van der Waals surface area (Å²) in [6, 6.07) is 16.2. The molecule has 4 aromatic rings. The fourth-order valence-corrected chi connectivity index (χ4v) is 4.22. The zero-order chi connectivity index (χ0) is 23.2. The van der Waals surface area contributed by atoms with Gasteiger partial charge in [0.1, 0.15) is 4.83 Å². The number of nitrogens with zero attached hydrogens (tertiary/aromatic N) is 1. The number of aromatic nitrogens is 2. The first kappa shape index (κ1) is 22.4. The number of aromatic amines is 1. The third-order valence-electron chi connectivity index (χ3n) is 5.00. The number of ether oxygens (including phenoxy) is 1. The summed E-state index contributed by atoms with van der Waals surface area (Å²) < 4.78 is 5.70. The number of H-pyrrole nitrogens is 1. The van der Waals surface area contributed by atoms with Crippen molar-refractivity contribution < 1.29 is 19.4 Å². The number of thiophene rings is 1. The molecule has 0 unspecified atom stereocenters. The van der Waals surface area contributed by atoms with E-state index in [-0.39, 0.29) is 30.2 Å². The van der Waals surface area contributed by atoms with Gasteiger partial charge >= 0.3 is 5.97 Å². The van der Waals surface area contributed by atoms with Crippen molar-refractivity contribution in [2.24, 2.45) is 0 Å². The van der Waals surface area contributed by atoms with Crippen LogP contribution in [0.15, 0.2) is 64.8 Å². The molecule has 0 aliphatic heterocycles. The monoisotopic (exact) mass is 463 g/mol. The molecule has 0 spiro atoms. The molecule has 2 heterocycles. The fraction of sp³-hybridized carbons (Fsp3) is 0.167. The summed E-state index contributed by atoms with van der Waals surface area (Å²) >= 11 is 1.28. The van der Waals surface area contributed by atoms with Gasteiger partial charge in [0.2, 0.25) is 5.82 Å². The summed E-state index contributed by atoms with van der Waals surface area (Å²) in [5, 5.41) is 13.9. The number of carbonyl (C=O) groups excluding carboxylic acids is 1. The SMILES string of the molecule is O=C(O)c1ccc(COCc2csc3nc(C(=O)NCCc4ccccc4)[nH]c(=O)c23)cc1. The number of hydrogen-bond acceptors (Lipinski definition) is 6. The molecule has 0 aliphatic carbocycles. The highest BCUT2D eigenvalue weighted by molar-refractivity contribution is 7.16. The molecule has 9 heteroatoms. The second-order valence-electron chi connectivity index (χ2n) is 7.34. The van der Waals surface area contributed by atoms with Crippen LogP contribution < -0.4 is 10.9 Å². The summed E-state index contributed by atoms with van der Waals surface area (Å²) in [7, 11) is 0. The molecule has 2 aromatic heterocycles. The Hall–Kier alpha value is -3.82. The van der Waals surface area contributed by atoms with Crippen LogP contribution in [0.25, 0.3) is 10.2 Å². The standard InChI is InChI=1S/C24H21N3O5S/c28-21-19-18(13-32-12-16-6-8-17(9-7-16)24(30)31)14-33-23(19)27-20(26-21)22(29)25-11-10-15-4-2-1-3-5-15/h1-9,14H,10-13H2,(H,25,29)(H,30,31)(H,26,27,28). The van der Waals surface area contributed by atoms with Crippen molar-refractivity contribution >= 4 is 33.4 Å². The van der Waals surface area contributed by atoms with Crippen LogP contribution in [0, 0.1) is 0 Å². The fourth-order valence-electron chi connectivity index (χ4n) is 3.29. The highest BCUT2D eigenvalue weighted by atomic mass is 32.1. The summed E-state index contributed by atoms with van der Waals surface area (Å²) in [6.07, 6.45) is 0.679. The average Bonchev–Trinajstić information content (AvgIpc) is 3.23. The second-order valence-corrected chi connectivity index (χ2v) is 8.20. The predicted octanol–water partition coefficient (Wildman–Crippen LogP) is 3.37. The molecular formula is C24H21N3O5S. The first-order valence-corrected chi connectivity index (χ1v) is 11.1. The van der Waals surface area contributed by atoms with E-state index in [0.717, 1.165) is 11.1 Å². The Morgan fingerprint density at radius 2 is 1.79 bits per heavy atom. The van der Waals surface area contributed by atoms with Crippen LogP contribution in [-0.2, 0) is 24.4 Å². The van der Waals surface area contributed by atoms with Crippen molar-refractivity contribution in [1.29, 1.82) is 0 Å². The number of nitrogens with one attached hydrogen (secondary N) is 2. The van der Waals surface area contributed by atoms with Crippen molar-refractivity contribution in [2.75, 3.05) is 6.54 Å². The van der Waals surface area contributed by atoms with E-state index in [1.54, 1.807) is 17.5 Å². The van der Waals surface area contributed by atoms with Crippen LogP contribution in [0.2, 0.25) is 0 Å². The van der Waals surface area contributed by atoms with E-state index in [1.165, 1.54) is 23.5 Å². The van der Waals surface area contributed by atoms with Crippen LogP contribution in [0.4, 0.5) is 0 Å². The Labute approximate surface area is 192 Å². The Morgan fingerprint density at radius 1 is 1.03 bits per heavy atom. The van der Waals surface area contributed by atoms with Gasteiger partial charge < -0.3 is 20.1 Å². The number of carboxylic acids is 1. The van der Waals surface area contributed by atoms with Gasteiger partial charge in [-0.3, -0.25) is 9.59 Å². The van der Waals surface area contributed by atoms with Crippen LogP contribution >= 0.6 is 11.3 Å². The zero-order valence-corrected chi connectivity index (χ0v) is 18.4. The third kappa shape index (κ3) is 5.51. The number of hydrogen-bond donors (Lipinski definition) is 3. The van der Waals surface area contributed by atoms with Crippen molar-refractivity contribution in [1.82, 2.24) is 15.3 Å². The normalized spacial score (nSPS) is 10.9. The Balaban J connectivity index is 1.37. The lowest BCUT2D eigenvalue weighted by molar-refractivity contribution is 0.0696. The van der Waals surface area contributed by atoms with Gasteiger partial charge in [-0.25, -0.2) is 9.78 Å². The lowest BCUT2D eigenvalue weighted by atomic mass is 10.1. The number of aromatic carboxylic acids is 1. The Morgan fingerprint density at radius 3 is 2.52 bits per heavy atom. The van der Waals surface area contributed by atoms with Crippen LogP contribution in [0.3, 0.4) is 0 Å². The maximum absolute atomic E-state index is 12.6. The molecule has 0 fully saturated rings. The van der Waals surface area contributed by atoms with Crippen molar-refractivity contribution in [3.63, 3.8) is 0 Å². The highest BCUT2D eigenvalue weighted by Crippen LogP contribution is 2.22. The van der Waals surface area contributed by atoms with E-state index in [4.69, 9.17) is 9.84 Å². The van der Waals surface area contributed by atoms with E-state index in [9.17, 15) is 14.4 Å². The van der Waals surface area contributed by atoms with Gasteiger partial charge in [0.05, 0.1) is 24.2 Å². The van der Waals surface area contributed by atoms with E-state index < -0.39 is 11.9 Å². The number of rotatable bonds is 9. The van der Waals surface area contributed by atoms with E-state index in [2.05, 4.69) is 15.3 Å². The molecular weight excluding hydrogens is 442 g/mol. The van der Waals surface area contributed by atoms with Gasteiger partial charge in [-0.05, 0) is 35.1 Å². The van der Waals surface area contributed by atoms with Gasteiger partial charge in [-0.2, -0.15) is 0 Å². The largest absolute Gasteiger partial charge is 0.478 e. The van der Waals surface area contributed by atoms with E-state index >= 15 is 0 Å². The van der Waals surface area contributed by atoms with Crippen molar-refractivity contribution in [3.05, 3.63) is 98.4 Å². The van der Waals surface area contributed by atoms with Crippen LogP contribution in [0.5, 0.6) is 0 Å². The average molecular weight is 464 g/mol. The third-order valence-corrected chi connectivity index (χ3v) is 5.93. The maximum Gasteiger partial charge on any atom is 0.335 e. The molecule has 0 radical (unpaired) electrons. The predicted molar refractivity (Wildman–Crippen MR) is 125 cm³/mol. The summed E-state index contributed by atoms with van der Waals surface area (Å²) in [6.45, 7) is 0.889. The lowest BCUT2D eigenvalue weighted by Crippen LogP contribution is -2.29. The van der Waals surface area contributed by atoms with Gasteiger partial charge in [-0.15, -0.1) is 11.3 Å². The smallest absolute Gasteiger partial charge is 0.335 e. The quantitative estimate of drug-likeness (QED) is 0.350. The molecule has 0 aliphatic rings. The van der Waals surface area contributed by atoms with E-state index in [0.29, 0.717) is 28.7 Å². The number of fused-ring (bicyclic) bond motifs is 1. The van der Waals surface area contributed by atoms with Gasteiger partial charge in [0.15, 0.2) is 0 Å². The number of benzene rings is 2. The molecule has 0 saturated heterocycles. The molecule has 2 aromatic carbocycles. The number of carbonyl (C=O) groups is 2. The highest BCUT2D eigenvalue weighted by Gasteiger charge is 2.15. The lowest BCUT2D eigenvalue weighted by Gasteiger charge is -2.06. The summed E-state index contributed by atoms with van der Waals surface area (Å²) in [5.41, 5.74) is 2.43. The van der Waals surface area contributed by atoms with Crippen molar-refractivity contribution in [3.8, 4) is 0 Å². The molecule has 0 bridgehead atoms. The molecule has 168 valence electrons. The second kappa shape index (κ2) is 10.2. The Bertz CT molecular complexity index is 1330. The van der Waals surface area contributed by atoms with Gasteiger partial charge in [0, 0.05) is 12.1 Å². The molecule has 4 rings (SSSR count). The zero-order valence-electron chi connectivity index (χ0n) is 17.5. The molecule has 1 amide bonds. The minimum absolute atomic E-state index is 0.0200. The van der Waals surface area contributed by atoms with Crippen LogP contribution in [0.1, 0.15) is 37.7 Å². The maximum atomic E-state index is 12.6. The first-order chi connectivity index (χ1) is 16.0. The topological polar surface area (TPSA) is 121 Å². The molecule has 33 heavy (non-hydrogen) atoms. The Kier molecular flexibility index (Phi) is 6.92. The molecule has 0 atom stereocenters. The molecule has 8 nitrogen and oxygen atoms in total. The molecule has 3 N–H and O–H groups in total. The van der Waals surface area contributed by atoms with Gasteiger partial charge in [-0.1, -0.05) is 42.5 Å². The van der Waals surface area contributed by atoms with Crippen LogP contribution in [-0.4, -0.2) is 33.5 Å². The molecule has 0 saturated carbocycles. The number of amides is 1. The minimum atomic E-state index is -0.983. The van der Waals surface area contributed by atoms with Crippen molar-refractivity contribution in [2.45, 2.75) is 19.6 Å². The first-order valence-electron chi connectivity index (χ1n) is 10.2. The van der Waals surface area contributed by atoms with Gasteiger partial charge in [0.25, 0.3) is 11.5 Å². The van der Waals surface area contributed by atoms with E-state index in [1.807, 2.05) is 30.3 Å².